The van der Waals surface area contributed by atoms with Crippen molar-refractivity contribution < 1.29 is 4.79 Å². The predicted molar refractivity (Wildman–Crippen MR) is 72.1 cm³/mol. The van der Waals surface area contributed by atoms with E-state index in [1.54, 1.807) is 17.9 Å². The highest BCUT2D eigenvalue weighted by atomic mass is 32.1. The lowest BCUT2D eigenvalue weighted by molar-refractivity contribution is 0.251. The minimum absolute atomic E-state index is 0.248. The Kier molecular flexibility index (Phi) is 4.18. The summed E-state index contributed by atoms with van der Waals surface area (Å²) in [6.45, 7) is 0.248. The fourth-order valence-corrected chi connectivity index (χ4v) is 1.64. The molecule has 0 saturated heterocycles. The smallest absolute Gasteiger partial charge is 0.321 e. The Hall–Kier alpha value is -2.29. The number of nitrogens with zero attached hydrogens (tertiary/aromatic N) is 5. The summed E-state index contributed by atoms with van der Waals surface area (Å²) in [5.74, 6) is 0.540. The second-order valence-electron chi connectivity index (χ2n) is 3.80. The molecule has 0 unspecified atom stereocenters. The van der Waals surface area contributed by atoms with Crippen molar-refractivity contribution in [1.29, 1.82) is 0 Å². The zero-order chi connectivity index (χ0) is 13.7. The molecule has 0 aliphatic heterocycles. The maximum Gasteiger partial charge on any atom is 0.321 e. The van der Waals surface area contributed by atoms with Crippen LogP contribution in [0.15, 0.2) is 17.9 Å². The fraction of sp³-hybridized carbons (Fsp3) is 0.300. The van der Waals surface area contributed by atoms with Crippen molar-refractivity contribution in [2.45, 2.75) is 6.54 Å². The topological polar surface area (TPSA) is 95.9 Å². The molecule has 2 aromatic rings. The number of anilines is 2. The van der Waals surface area contributed by atoms with E-state index < -0.39 is 0 Å². The lowest BCUT2D eigenvalue weighted by atomic mass is 10.4. The SMILES string of the molecule is CN(C)c1cnc(CNC(=O)Nc2nncs2)nc1. The van der Waals surface area contributed by atoms with Crippen LogP contribution < -0.4 is 15.5 Å². The van der Waals surface area contributed by atoms with Gasteiger partial charge in [0, 0.05) is 14.1 Å². The lowest BCUT2D eigenvalue weighted by Gasteiger charge is -2.11. The Balaban J connectivity index is 1.83. The van der Waals surface area contributed by atoms with Crippen molar-refractivity contribution in [3.8, 4) is 0 Å². The Labute approximate surface area is 113 Å². The van der Waals surface area contributed by atoms with Crippen LogP contribution in [-0.2, 0) is 6.54 Å². The average molecular weight is 279 g/mol. The molecule has 0 fully saturated rings. The summed E-state index contributed by atoms with van der Waals surface area (Å²) in [4.78, 5) is 21.7. The van der Waals surface area contributed by atoms with Crippen LogP contribution in [0.4, 0.5) is 15.6 Å². The molecule has 0 aromatic carbocycles. The van der Waals surface area contributed by atoms with E-state index in [9.17, 15) is 4.79 Å². The number of hydrogen-bond donors (Lipinski definition) is 2. The van der Waals surface area contributed by atoms with Gasteiger partial charge in [-0.1, -0.05) is 11.3 Å². The molecule has 2 aromatic heterocycles. The molecule has 19 heavy (non-hydrogen) atoms. The highest BCUT2D eigenvalue weighted by molar-refractivity contribution is 7.13. The van der Waals surface area contributed by atoms with Gasteiger partial charge in [0.25, 0.3) is 0 Å². The van der Waals surface area contributed by atoms with E-state index >= 15 is 0 Å². The van der Waals surface area contributed by atoms with Crippen LogP contribution in [0.2, 0.25) is 0 Å². The third-order valence-electron chi connectivity index (χ3n) is 2.20. The van der Waals surface area contributed by atoms with E-state index in [1.165, 1.54) is 11.3 Å². The molecule has 0 aliphatic rings. The molecule has 100 valence electrons. The van der Waals surface area contributed by atoms with E-state index in [4.69, 9.17) is 0 Å². The van der Waals surface area contributed by atoms with Crippen molar-refractivity contribution in [1.82, 2.24) is 25.5 Å². The number of carbonyl (C=O) groups is 1. The van der Waals surface area contributed by atoms with E-state index in [1.807, 2.05) is 19.0 Å². The molecule has 2 rings (SSSR count). The number of carbonyl (C=O) groups excluding carboxylic acids is 1. The zero-order valence-corrected chi connectivity index (χ0v) is 11.3. The minimum Gasteiger partial charge on any atom is -0.375 e. The van der Waals surface area contributed by atoms with Gasteiger partial charge in [-0.15, -0.1) is 10.2 Å². The van der Waals surface area contributed by atoms with E-state index in [-0.39, 0.29) is 12.6 Å². The normalized spacial score (nSPS) is 10.0. The summed E-state index contributed by atoms with van der Waals surface area (Å²) >= 11 is 1.25. The van der Waals surface area contributed by atoms with E-state index in [2.05, 4.69) is 30.8 Å². The first-order chi connectivity index (χ1) is 9.15. The summed E-state index contributed by atoms with van der Waals surface area (Å²) in [5.41, 5.74) is 2.45. The van der Waals surface area contributed by atoms with Crippen LogP contribution >= 0.6 is 11.3 Å². The molecule has 0 radical (unpaired) electrons. The molecular weight excluding hydrogens is 266 g/mol. The monoisotopic (exact) mass is 279 g/mol. The van der Waals surface area contributed by atoms with Crippen LogP contribution in [0.3, 0.4) is 0 Å². The molecule has 0 saturated carbocycles. The van der Waals surface area contributed by atoms with E-state index in [0.717, 1.165) is 5.69 Å². The largest absolute Gasteiger partial charge is 0.375 e. The summed E-state index contributed by atoms with van der Waals surface area (Å²) in [6.07, 6.45) is 3.40. The molecule has 0 bridgehead atoms. The molecule has 2 N–H and O–H groups in total. The molecule has 0 aliphatic carbocycles. The quantitative estimate of drug-likeness (QED) is 0.856. The first kappa shape index (κ1) is 13.1. The number of urea groups is 1. The van der Waals surface area contributed by atoms with Crippen molar-refractivity contribution in [3.05, 3.63) is 23.7 Å². The van der Waals surface area contributed by atoms with Crippen molar-refractivity contribution >= 4 is 28.2 Å². The second-order valence-corrected chi connectivity index (χ2v) is 4.64. The Morgan fingerprint density at radius 3 is 2.68 bits per heavy atom. The first-order valence-electron chi connectivity index (χ1n) is 5.44. The third-order valence-corrected chi connectivity index (χ3v) is 2.80. The summed E-state index contributed by atoms with van der Waals surface area (Å²) in [5, 5.41) is 13.0. The maximum atomic E-state index is 11.5. The van der Waals surface area contributed by atoms with Crippen molar-refractivity contribution in [3.63, 3.8) is 0 Å². The van der Waals surface area contributed by atoms with Gasteiger partial charge in [-0.3, -0.25) is 5.32 Å². The molecular formula is C10H13N7OS. The number of nitrogens with one attached hydrogen (secondary N) is 2. The Morgan fingerprint density at radius 1 is 1.37 bits per heavy atom. The van der Waals surface area contributed by atoms with Gasteiger partial charge in [-0.25, -0.2) is 14.8 Å². The van der Waals surface area contributed by atoms with Crippen LogP contribution in [0, 0.1) is 0 Å². The molecule has 9 heteroatoms. The molecule has 2 heterocycles. The second kappa shape index (κ2) is 6.05. The van der Waals surface area contributed by atoms with Crippen LogP contribution in [0.25, 0.3) is 0 Å². The van der Waals surface area contributed by atoms with Gasteiger partial charge in [0.2, 0.25) is 5.13 Å². The van der Waals surface area contributed by atoms with Crippen molar-refractivity contribution in [2.75, 3.05) is 24.3 Å². The number of hydrogen-bond acceptors (Lipinski definition) is 7. The van der Waals surface area contributed by atoms with Gasteiger partial charge in [0.05, 0.1) is 24.6 Å². The van der Waals surface area contributed by atoms with Gasteiger partial charge < -0.3 is 10.2 Å². The van der Waals surface area contributed by atoms with Gasteiger partial charge in [-0.05, 0) is 0 Å². The number of aromatic nitrogens is 4. The fourth-order valence-electron chi connectivity index (χ4n) is 1.20. The highest BCUT2D eigenvalue weighted by Gasteiger charge is 2.05. The van der Waals surface area contributed by atoms with E-state index in [0.29, 0.717) is 11.0 Å². The molecule has 2 amide bonds. The van der Waals surface area contributed by atoms with Crippen molar-refractivity contribution in [2.24, 2.45) is 0 Å². The zero-order valence-electron chi connectivity index (χ0n) is 10.5. The van der Waals surface area contributed by atoms with Gasteiger partial charge >= 0.3 is 6.03 Å². The molecule has 8 nitrogen and oxygen atoms in total. The lowest BCUT2D eigenvalue weighted by Crippen LogP contribution is -2.29. The minimum atomic E-state index is -0.364. The van der Waals surface area contributed by atoms with Gasteiger partial charge in [0.15, 0.2) is 0 Å². The maximum absolute atomic E-state index is 11.5. The summed E-state index contributed by atoms with van der Waals surface area (Å²) in [6, 6.07) is -0.364. The average Bonchev–Trinajstić information content (AvgIpc) is 2.89. The molecule has 0 atom stereocenters. The summed E-state index contributed by atoms with van der Waals surface area (Å²) < 4.78 is 0. The van der Waals surface area contributed by atoms with Crippen LogP contribution in [0.1, 0.15) is 5.82 Å². The van der Waals surface area contributed by atoms with Gasteiger partial charge in [0.1, 0.15) is 11.3 Å². The predicted octanol–water partition coefficient (Wildman–Crippen LogP) is 0.716. The third kappa shape index (κ3) is 3.85. The first-order valence-corrected chi connectivity index (χ1v) is 6.32. The Bertz CT molecular complexity index is 525. The standard InChI is InChI=1S/C10H13N7OS/c1-17(2)7-3-11-8(12-4-7)5-13-9(18)15-10-16-14-6-19-10/h3-4,6H,5H2,1-2H3,(H2,13,15,16,18). The van der Waals surface area contributed by atoms with Crippen LogP contribution in [-0.4, -0.2) is 40.3 Å². The highest BCUT2D eigenvalue weighted by Crippen LogP contribution is 2.08. The molecule has 0 spiro atoms. The Morgan fingerprint density at radius 2 is 2.11 bits per heavy atom. The van der Waals surface area contributed by atoms with Gasteiger partial charge in [-0.2, -0.15) is 0 Å². The summed E-state index contributed by atoms with van der Waals surface area (Å²) in [7, 11) is 3.82. The number of rotatable bonds is 4. The van der Waals surface area contributed by atoms with Crippen LogP contribution in [0.5, 0.6) is 0 Å². The number of amides is 2.